The van der Waals surface area contributed by atoms with E-state index in [-0.39, 0.29) is 17.2 Å². The van der Waals surface area contributed by atoms with Crippen molar-refractivity contribution in [3.05, 3.63) is 23.1 Å². The second-order valence-electron chi connectivity index (χ2n) is 4.88. The number of carbonyl (C=O) groups excluding carboxylic acids is 1. The summed E-state index contributed by atoms with van der Waals surface area (Å²) in [6.45, 7) is 0. The Labute approximate surface area is 105 Å². The molecule has 2 saturated heterocycles. The van der Waals surface area contributed by atoms with E-state index in [1.165, 1.54) is 12.8 Å². The zero-order valence-electron chi connectivity index (χ0n) is 9.41. The van der Waals surface area contributed by atoms with Gasteiger partial charge in [0.25, 0.3) is 5.91 Å². The minimum Gasteiger partial charge on any atom is -0.440 e. The van der Waals surface area contributed by atoms with Gasteiger partial charge in [0.15, 0.2) is 11.0 Å². The van der Waals surface area contributed by atoms with E-state index in [9.17, 15) is 4.79 Å². The molecule has 5 heteroatoms. The molecule has 4 nitrogen and oxygen atoms in total. The number of carbonyl (C=O) groups is 1. The molecule has 2 atom stereocenters. The van der Waals surface area contributed by atoms with Gasteiger partial charge in [-0.1, -0.05) is 0 Å². The van der Waals surface area contributed by atoms with Gasteiger partial charge in [0.1, 0.15) is 0 Å². The van der Waals surface area contributed by atoms with Crippen molar-refractivity contribution in [2.45, 2.75) is 43.8 Å². The Kier molecular flexibility index (Phi) is 2.84. The predicted octanol–water partition coefficient (Wildman–Crippen LogP) is 1.95. The number of hydrogen-bond acceptors (Lipinski definition) is 3. The first-order valence-corrected chi connectivity index (χ1v) is 6.41. The zero-order chi connectivity index (χ0) is 11.8. The van der Waals surface area contributed by atoms with Crippen LogP contribution in [0.1, 0.15) is 36.2 Å². The molecule has 2 bridgehead atoms. The largest absolute Gasteiger partial charge is 0.440 e. The molecule has 1 aromatic rings. The molecule has 3 rings (SSSR count). The van der Waals surface area contributed by atoms with E-state index in [0.29, 0.717) is 17.8 Å². The monoisotopic (exact) mass is 254 g/mol. The Morgan fingerprint density at radius 3 is 2.65 bits per heavy atom. The number of fused-ring (bicyclic) bond motifs is 2. The highest BCUT2D eigenvalue weighted by atomic mass is 35.5. The van der Waals surface area contributed by atoms with Crippen molar-refractivity contribution in [2.75, 3.05) is 0 Å². The van der Waals surface area contributed by atoms with Gasteiger partial charge in [-0.05, 0) is 49.4 Å². The fraction of sp³-hybridized carbons (Fsp3) is 0.583. The first-order chi connectivity index (χ1) is 8.20. The highest BCUT2D eigenvalue weighted by Crippen LogP contribution is 2.27. The van der Waals surface area contributed by atoms with Crippen LogP contribution in [0.15, 0.2) is 16.5 Å². The molecule has 2 aliphatic rings. The maximum atomic E-state index is 11.9. The topological polar surface area (TPSA) is 54.3 Å². The zero-order valence-corrected chi connectivity index (χ0v) is 10.2. The molecule has 2 unspecified atom stereocenters. The van der Waals surface area contributed by atoms with Crippen LogP contribution in [0.4, 0.5) is 0 Å². The molecule has 92 valence electrons. The van der Waals surface area contributed by atoms with Crippen molar-refractivity contribution in [3.8, 4) is 0 Å². The van der Waals surface area contributed by atoms with Crippen molar-refractivity contribution in [2.24, 2.45) is 0 Å². The molecule has 0 saturated carbocycles. The van der Waals surface area contributed by atoms with E-state index >= 15 is 0 Å². The second kappa shape index (κ2) is 4.35. The molecule has 0 radical (unpaired) electrons. The van der Waals surface area contributed by atoms with Crippen molar-refractivity contribution >= 4 is 17.5 Å². The number of furan rings is 1. The van der Waals surface area contributed by atoms with Gasteiger partial charge in [-0.15, -0.1) is 0 Å². The molecule has 17 heavy (non-hydrogen) atoms. The van der Waals surface area contributed by atoms with Crippen LogP contribution in [0.2, 0.25) is 5.22 Å². The molecule has 1 aromatic heterocycles. The fourth-order valence-corrected chi connectivity index (χ4v) is 3.01. The summed E-state index contributed by atoms with van der Waals surface area (Å²) in [7, 11) is 0. The summed E-state index contributed by atoms with van der Waals surface area (Å²) >= 11 is 5.65. The van der Waals surface area contributed by atoms with Crippen LogP contribution in [-0.4, -0.2) is 24.0 Å². The van der Waals surface area contributed by atoms with Crippen molar-refractivity contribution in [1.29, 1.82) is 0 Å². The SMILES string of the molecule is O=C(NC1CC2CCC(C1)N2)c1ccc(Cl)o1. The number of halogens is 1. The van der Waals surface area contributed by atoms with E-state index in [2.05, 4.69) is 10.6 Å². The quantitative estimate of drug-likeness (QED) is 0.848. The summed E-state index contributed by atoms with van der Waals surface area (Å²) in [4.78, 5) is 11.9. The second-order valence-corrected chi connectivity index (χ2v) is 5.26. The van der Waals surface area contributed by atoms with Crippen molar-refractivity contribution in [3.63, 3.8) is 0 Å². The Hall–Kier alpha value is -1.00. The van der Waals surface area contributed by atoms with E-state index in [0.717, 1.165) is 12.8 Å². The van der Waals surface area contributed by atoms with Crippen LogP contribution in [0.5, 0.6) is 0 Å². The van der Waals surface area contributed by atoms with Gasteiger partial charge in [0.05, 0.1) is 0 Å². The molecule has 2 N–H and O–H groups in total. The highest BCUT2D eigenvalue weighted by Gasteiger charge is 2.34. The summed E-state index contributed by atoms with van der Waals surface area (Å²) in [6.07, 6.45) is 4.47. The van der Waals surface area contributed by atoms with Gasteiger partial charge in [-0.3, -0.25) is 4.79 Å². The normalized spacial score (nSPS) is 31.5. The lowest BCUT2D eigenvalue weighted by molar-refractivity contribution is 0.0896. The van der Waals surface area contributed by atoms with E-state index < -0.39 is 0 Å². The van der Waals surface area contributed by atoms with Gasteiger partial charge in [-0.2, -0.15) is 0 Å². The molecule has 0 spiro atoms. The number of amides is 1. The Morgan fingerprint density at radius 1 is 1.35 bits per heavy atom. The maximum absolute atomic E-state index is 11.9. The lowest BCUT2D eigenvalue weighted by Gasteiger charge is -2.29. The Bertz CT molecular complexity index is 420. The molecular weight excluding hydrogens is 240 g/mol. The van der Waals surface area contributed by atoms with Gasteiger partial charge in [-0.25, -0.2) is 0 Å². The van der Waals surface area contributed by atoms with Gasteiger partial charge < -0.3 is 15.1 Å². The molecule has 2 aliphatic heterocycles. The lowest BCUT2D eigenvalue weighted by Crippen LogP contribution is -2.47. The number of nitrogens with one attached hydrogen (secondary N) is 2. The minimum absolute atomic E-state index is 0.164. The first kappa shape index (κ1) is 11.1. The van der Waals surface area contributed by atoms with Gasteiger partial charge in [0, 0.05) is 18.1 Å². The van der Waals surface area contributed by atoms with Crippen LogP contribution in [0.25, 0.3) is 0 Å². The standard InChI is InChI=1S/C12H15ClN2O2/c13-11-4-3-10(17-11)12(16)15-9-5-7-1-2-8(6-9)14-7/h3-4,7-9,14H,1-2,5-6H2,(H,15,16). The van der Waals surface area contributed by atoms with Crippen LogP contribution in [-0.2, 0) is 0 Å². The molecule has 1 amide bonds. The lowest BCUT2D eigenvalue weighted by atomic mass is 10.00. The Morgan fingerprint density at radius 2 is 2.06 bits per heavy atom. The average molecular weight is 255 g/mol. The maximum Gasteiger partial charge on any atom is 0.287 e. The molecular formula is C12H15ClN2O2. The predicted molar refractivity (Wildman–Crippen MR) is 64.2 cm³/mol. The third kappa shape index (κ3) is 2.33. The molecule has 0 aromatic carbocycles. The summed E-state index contributed by atoms with van der Waals surface area (Å²) < 4.78 is 5.09. The van der Waals surface area contributed by atoms with Crippen LogP contribution >= 0.6 is 11.6 Å². The molecule has 3 heterocycles. The van der Waals surface area contributed by atoms with Gasteiger partial charge in [0.2, 0.25) is 0 Å². The van der Waals surface area contributed by atoms with Crippen LogP contribution in [0, 0.1) is 0 Å². The van der Waals surface area contributed by atoms with Crippen molar-refractivity contribution in [1.82, 2.24) is 10.6 Å². The smallest absolute Gasteiger partial charge is 0.287 e. The average Bonchev–Trinajstić information content (AvgIpc) is 2.85. The first-order valence-electron chi connectivity index (χ1n) is 6.03. The number of rotatable bonds is 2. The summed E-state index contributed by atoms with van der Waals surface area (Å²) in [6, 6.07) is 4.58. The van der Waals surface area contributed by atoms with Gasteiger partial charge >= 0.3 is 0 Å². The molecule has 0 aliphatic carbocycles. The van der Waals surface area contributed by atoms with E-state index in [1.54, 1.807) is 12.1 Å². The van der Waals surface area contributed by atoms with E-state index in [1.807, 2.05) is 0 Å². The summed E-state index contributed by atoms with van der Waals surface area (Å²) in [5, 5.41) is 6.81. The van der Waals surface area contributed by atoms with Crippen LogP contribution < -0.4 is 10.6 Å². The highest BCUT2D eigenvalue weighted by molar-refractivity contribution is 6.29. The summed E-state index contributed by atoms with van der Waals surface area (Å²) in [5.41, 5.74) is 0. The van der Waals surface area contributed by atoms with Crippen molar-refractivity contribution < 1.29 is 9.21 Å². The third-order valence-corrected chi connectivity index (χ3v) is 3.81. The number of hydrogen-bond donors (Lipinski definition) is 2. The third-order valence-electron chi connectivity index (χ3n) is 3.61. The molecule has 2 fully saturated rings. The van der Waals surface area contributed by atoms with Crippen LogP contribution in [0.3, 0.4) is 0 Å². The van der Waals surface area contributed by atoms with E-state index in [4.69, 9.17) is 16.0 Å². The Balaban J connectivity index is 1.62. The minimum atomic E-state index is -0.164. The fourth-order valence-electron chi connectivity index (χ4n) is 2.87. The number of piperidine rings is 1. The summed E-state index contributed by atoms with van der Waals surface area (Å²) in [5.74, 6) is 0.129.